The summed E-state index contributed by atoms with van der Waals surface area (Å²) in [5, 5.41) is 3.53. The van der Waals surface area contributed by atoms with Crippen molar-refractivity contribution in [2.24, 2.45) is 11.8 Å². The highest BCUT2D eigenvalue weighted by Gasteiger charge is 2.26. The van der Waals surface area contributed by atoms with Crippen LogP contribution in [0.3, 0.4) is 0 Å². The summed E-state index contributed by atoms with van der Waals surface area (Å²) >= 11 is 0. The fraction of sp³-hybridized carbons (Fsp3) is 0.800. The van der Waals surface area contributed by atoms with Gasteiger partial charge >= 0.3 is 0 Å². The monoisotopic (exact) mass is 249 g/mol. The van der Waals surface area contributed by atoms with Crippen LogP contribution in [0.5, 0.6) is 0 Å². The summed E-state index contributed by atoms with van der Waals surface area (Å²) in [6, 6.07) is 0.584. The van der Waals surface area contributed by atoms with Crippen LogP contribution in [0.2, 0.25) is 0 Å². The molecule has 0 bridgehead atoms. The maximum absolute atomic E-state index is 4.51. The molecule has 1 aromatic heterocycles. The average Bonchev–Trinajstić information content (AvgIpc) is 2.83. The lowest BCUT2D eigenvalue weighted by molar-refractivity contribution is 0.225. The van der Waals surface area contributed by atoms with Crippen molar-refractivity contribution < 1.29 is 0 Å². The molecule has 0 aliphatic heterocycles. The Morgan fingerprint density at radius 2 is 2.33 bits per heavy atom. The molecule has 0 amide bonds. The summed E-state index contributed by atoms with van der Waals surface area (Å²) in [6.07, 6.45) is 10.6. The Bertz CT molecular complexity index is 358. The van der Waals surface area contributed by atoms with Crippen LogP contribution in [0.1, 0.15) is 45.4 Å². The second-order valence-corrected chi connectivity index (χ2v) is 5.76. The first-order valence-corrected chi connectivity index (χ1v) is 7.41. The highest BCUT2D eigenvalue weighted by molar-refractivity contribution is 4.97. The van der Waals surface area contributed by atoms with Crippen molar-refractivity contribution >= 4 is 0 Å². The van der Waals surface area contributed by atoms with Crippen molar-refractivity contribution in [3.63, 3.8) is 0 Å². The quantitative estimate of drug-likeness (QED) is 0.869. The molecule has 3 atom stereocenters. The molecule has 0 radical (unpaired) electrons. The second-order valence-electron chi connectivity index (χ2n) is 5.76. The Morgan fingerprint density at radius 1 is 1.50 bits per heavy atom. The standard InChI is InChI=1S/C15H27N3/c1-4-18-9-8-17-15(18)11-14(16-3)13-7-5-6-12(2)10-13/h8-9,12-14,16H,4-7,10-11H2,1-3H3. The van der Waals surface area contributed by atoms with Crippen LogP contribution in [0.4, 0.5) is 0 Å². The van der Waals surface area contributed by atoms with Crippen molar-refractivity contribution in [2.45, 2.75) is 58.5 Å². The maximum atomic E-state index is 4.51. The van der Waals surface area contributed by atoms with Gasteiger partial charge in [-0.15, -0.1) is 0 Å². The van der Waals surface area contributed by atoms with Crippen molar-refractivity contribution in [3.8, 4) is 0 Å². The molecule has 1 aliphatic carbocycles. The van der Waals surface area contributed by atoms with E-state index in [9.17, 15) is 0 Å². The van der Waals surface area contributed by atoms with Crippen molar-refractivity contribution in [1.82, 2.24) is 14.9 Å². The van der Waals surface area contributed by atoms with Gasteiger partial charge < -0.3 is 9.88 Å². The summed E-state index contributed by atoms with van der Waals surface area (Å²) < 4.78 is 2.26. The predicted octanol–water partition coefficient (Wildman–Crippen LogP) is 2.86. The number of nitrogens with zero attached hydrogens (tertiary/aromatic N) is 2. The Kier molecular flexibility index (Phi) is 4.81. The van der Waals surface area contributed by atoms with Crippen LogP contribution in [0.15, 0.2) is 12.4 Å². The number of rotatable bonds is 5. The van der Waals surface area contributed by atoms with Crippen molar-refractivity contribution in [1.29, 1.82) is 0 Å². The molecular formula is C15H27N3. The number of hydrogen-bond acceptors (Lipinski definition) is 2. The number of imidazole rings is 1. The van der Waals surface area contributed by atoms with Crippen LogP contribution in [-0.4, -0.2) is 22.6 Å². The third-order valence-corrected chi connectivity index (χ3v) is 4.46. The van der Waals surface area contributed by atoms with Crippen LogP contribution < -0.4 is 5.32 Å². The Hall–Kier alpha value is -0.830. The molecule has 1 aromatic rings. The predicted molar refractivity (Wildman–Crippen MR) is 75.6 cm³/mol. The molecule has 2 rings (SSSR count). The third kappa shape index (κ3) is 3.14. The van der Waals surface area contributed by atoms with E-state index in [2.05, 4.69) is 42.0 Å². The van der Waals surface area contributed by atoms with E-state index in [-0.39, 0.29) is 0 Å². The Labute approximate surface area is 111 Å². The van der Waals surface area contributed by atoms with Crippen LogP contribution in [0.25, 0.3) is 0 Å². The lowest BCUT2D eigenvalue weighted by Crippen LogP contribution is -2.38. The molecule has 1 saturated carbocycles. The Morgan fingerprint density at radius 3 is 3.00 bits per heavy atom. The van der Waals surface area contributed by atoms with E-state index in [1.807, 2.05) is 6.20 Å². The molecule has 1 heterocycles. The van der Waals surface area contributed by atoms with Crippen LogP contribution in [0, 0.1) is 11.8 Å². The number of aryl methyl sites for hydroxylation is 1. The lowest BCUT2D eigenvalue weighted by Gasteiger charge is -2.33. The number of likely N-dealkylation sites (N-methyl/N-ethyl adjacent to an activating group) is 1. The minimum atomic E-state index is 0.584. The van der Waals surface area contributed by atoms with Gasteiger partial charge in [-0.2, -0.15) is 0 Å². The smallest absolute Gasteiger partial charge is 0.110 e. The van der Waals surface area contributed by atoms with Crippen molar-refractivity contribution in [2.75, 3.05) is 7.05 Å². The van der Waals surface area contributed by atoms with E-state index >= 15 is 0 Å². The Balaban J connectivity index is 2.00. The SMILES string of the molecule is CCn1ccnc1CC(NC)C1CCCC(C)C1. The largest absolute Gasteiger partial charge is 0.335 e. The maximum Gasteiger partial charge on any atom is 0.110 e. The highest BCUT2D eigenvalue weighted by Crippen LogP contribution is 2.31. The van der Waals surface area contributed by atoms with E-state index in [4.69, 9.17) is 0 Å². The van der Waals surface area contributed by atoms with Gasteiger partial charge in [0.1, 0.15) is 5.82 Å². The number of nitrogens with one attached hydrogen (secondary N) is 1. The molecule has 0 spiro atoms. The van der Waals surface area contributed by atoms with E-state index in [1.165, 1.54) is 31.5 Å². The first kappa shape index (κ1) is 13.6. The van der Waals surface area contributed by atoms with Gasteiger partial charge in [-0.1, -0.05) is 19.8 Å². The second kappa shape index (κ2) is 6.37. The van der Waals surface area contributed by atoms with Gasteiger partial charge in [0.15, 0.2) is 0 Å². The summed E-state index contributed by atoms with van der Waals surface area (Å²) in [5.74, 6) is 2.95. The lowest BCUT2D eigenvalue weighted by atomic mass is 9.77. The minimum Gasteiger partial charge on any atom is -0.335 e. The zero-order chi connectivity index (χ0) is 13.0. The van der Waals surface area contributed by atoms with Crippen LogP contribution >= 0.6 is 0 Å². The van der Waals surface area contributed by atoms with Crippen molar-refractivity contribution in [3.05, 3.63) is 18.2 Å². The van der Waals surface area contributed by atoms with Gasteiger partial charge in [0, 0.05) is 31.4 Å². The first-order chi connectivity index (χ1) is 8.74. The molecule has 3 nitrogen and oxygen atoms in total. The van der Waals surface area contributed by atoms with Gasteiger partial charge in [-0.05, 0) is 38.6 Å². The van der Waals surface area contributed by atoms with E-state index in [0.29, 0.717) is 6.04 Å². The zero-order valence-corrected chi connectivity index (χ0v) is 12.0. The van der Waals surface area contributed by atoms with Crippen LogP contribution in [-0.2, 0) is 13.0 Å². The first-order valence-electron chi connectivity index (χ1n) is 7.41. The molecule has 3 unspecified atom stereocenters. The fourth-order valence-electron chi connectivity index (χ4n) is 3.37. The fourth-order valence-corrected chi connectivity index (χ4v) is 3.37. The van der Waals surface area contributed by atoms with E-state index in [1.54, 1.807) is 0 Å². The third-order valence-electron chi connectivity index (χ3n) is 4.46. The number of hydrogen-bond donors (Lipinski definition) is 1. The molecule has 1 fully saturated rings. The average molecular weight is 249 g/mol. The minimum absolute atomic E-state index is 0.584. The molecule has 0 aromatic carbocycles. The molecular weight excluding hydrogens is 222 g/mol. The number of aromatic nitrogens is 2. The zero-order valence-electron chi connectivity index (χ0n) is 12.0. The summed E-state index contributed by atoms with van der Waals surface area (Å²) in [4.78, 5) is 4.51. The summed E-state index contributed by atoms with van der Waals surface area (Å²) in [7, 11) is 2.10. The summed E-state index contributed by atoms with van der Waals surface area (Å²) in [6.45, 7) is 5.60. The van der Waals surface area contributed by atoms with Gasteiger partial charge in [0.2, 0.25) is 0 Å². The molecule has 1 N–H and O–H groups in total. The van der Waals surface area contributed by atoms with Gasteiger partial charge in [-0.25, -0.2) is 4.98 Å². The molecule has 102 valence electrons. The van der Waals surface area contributed by atoms with Gasteiger partial charge in [-0.3, -0.25) is 0 Å². The summed E-state index contributed by atoms with van der Waals surface area (Å²) in [5.41, 5.74) is 0. The molecule has 18 heavy (non-hydrogen) atoms. The highest BCUT2D eigenvalue weighted by atomic mass is 15.1. The normalized spacial score (nSPS) is 26.2. The molecule has 3 heteroatoms. The molecule has 1 aliphatic rings. The van der Waals surface area contributed by atoms with Gasteiger partial charge in [0.25, 0.3) is 0 Å². The van der Waals surface area contributed by atoms with E-state index in [0.717, 1.165) is 24.8 Å². The van der Waals surface area contributed by atoms with Gasteiger partial charge in [0.05, 0.1) is 0 Å². The topological polar surface area (TPSA) is 29.9 Å². The molecule has 0 saturated heterocycles. The van der Waals surface area contributed by atoms with E-state index < -0.39 is 0 Å².